The number of hydrogen-bond acceptors (Lipinski definition) is 0. The first-order valence-electron chi connectivity index (χ1n) is 5.76. The zero-order chi connectivity index (χ0) is 12.1. The summed E-state index contributed by atoms with van der Waals surface area (Å²) in [6, 6.07) is 17.0. The molecule has 84 valence electrons. The Balaban J connectivity index is 2.26. The van der Waals surface area contributed by atoms with Crippen LogP contribution in [0.15, 0.2) is 67.8 Å². The van der Waals surface area contributed by atoms with Gasteiger partial charge in [0.2, 0.25) is 0 Å². The Morgan fingerprint density at radius 3 is 1.76 bits per heavy atom. The number of hydrogen-bond donors (Lipinski definition) is 0. The van der Waals surface area contributed by atoms with E-state index >= 15 is 0 Å². The molecule has 0 spiro atoms. The fraction of sp³-hybridized carbons (Fsp3) is 0.0588. The zero-order valence-corrected chi connectivity index (χ0v) is 9.89. The molecule has 2 aromatic carbocycles. The highest BCUT2D eigenvalue weighted by atomic mass is 14.0. The molecule has 0 aliphatic rings. The molecule has 0 radical (unpaired) electrons. The van der Waals surface area contributed by atoms with E-state index in [9.17, 15) is 0 Å². The minimum absolute atomic E-state index is 0.926. The second-order valence-electron chi connectivity index (χ2n) is 4.02. The summed E-state index contributed by atoms with van der Waals surface area (Å²) in [6.07, 6.45) is 4.71. The van der Waals surface area contributed by atoms with Crippen molar-refractivity contribution in [3.63, 3.8) is 0 Å². The van der Waals surface area contributed by atoms with E-state index in [0.29, 0.717) is 0 Å². The SMILES string of the molecule is C=CCc1ccc(-c2ccc(C=C)cc2)cc1. The lowest BCUT2D eigenvalue weighted by Gasteiger charge is -2.03. The Morgan fingerprint density at radius 2 is 1.29 bits per heavy atom. The van der Waals surface area contributed by atoms with Gasteiger partial charge in [-0.1, -0.05) is 67.3 Å². The van der Waals surface area contributed by atoms with Crippen LogP contribution >= 0.6 is 0 Å². The van der Waals surface area contributed by atoms with Crippen LogP contribution in [-0.2, 0) is 6.42 Å². The molecule has 2 aromatic rings. The second kappa shape index (κ2) is 5.31. The van der Waals surface area contributed by atoms with Crippen LogP contribution in [0.2, 0.25) is 0 Å². The molecule has 0 nitrogen and oxygen atoms in total. The predicted octanol–water partition coefficient (Wildman–Crippen LogP) is 4.73. The first-order valence-corrected chi connectivity index (χ1v) is 5.76. The Morgan fingerprint density at radius 1 is 0.765 bits per heavy atom. The van der Waals surface area contributed by atoms with E-state index in [1.807, 2.05) is 12.2 Å². The molecule has 0 fully saturated rings. The Labute approximate surface area is 103 Å². The lowest BCUT2D eigenvalue weighted by atomic mass is 10.0. The molecule has 0 N–H and O–H groups in total. The molecule has 0 unspecified atom stereocenters. The molecule has 2 rings (SSSR count). The largest absolute Gasteiger partial charge is 0.103 e. The molecule has 0 atom stereocenters. The standard InChI is InChI=1S/C17H16/c1-3-5-15-8-12-17(13-9-15)16-10-6-14(4-2)7-11-16/h3-4,6-13H,1-2,5H2. The minimum Gasteiger partial charge on any atom is -0.103 e. The van der Waals surface area contributed by atoms with Gasteiger partial charge in [-0.3, -0.25) is 0 Å². The van der Waals surface area contributed by atoms with Crippen LogP contribution in [0, 0.1) is 0 Å². The van der Waals surface area contributed by atoms with E-state index in [-0.39, 0.29) is 0 Å². The summed E-state index contributed by atoms with van der Waals surface area (Å²) in [5.41, 5.74) is 4.93. The summed E-state index contributed by atoms with van der Waals surface area (Å²) in [7, 11) is 0. The summed E-state index contributed by atoms with van der Waals surface area (Å²) >= 11 is 0. The van der Waals surface area contributed by atoms with E-state index in [1.165, 1.54) is 16.7 Å². The molecule has 0 aliphatic carbocycles. The van der Waals surface area contributed by atoms with E-state index in [0.717, 1.165) is 12.0 Å². The Hall–Kier alpha value is -2.08. The van der Waals surface area contributed by atoms with Crippen molar-refractivity contribution in [2.24, 2.45) is 0 Å². The van der Waals surface area contributed by atoms with Crippen LogP contribution in [0.25, 0.3) is 17.2 Å². The molecule has 0 amide bonds. The van der Waals surface area contributed by atoms with Gasteiger partial charge in [-0.2, -0.15) is 0 Å². The number of benzene rings is 2. The van der Waals surface area contributed by atoms with Gasteiger partial charge in [-0.15, -0.1) is 6.58 Å². The molecule has 0 saturated heterocycles. The van der Waals surface area contributed by atoms with Crippen molar-refractivity contribution in [1.82, 2.24) is 0 Å². The molecule has 0 heterocycles. The van der Waals surface area contributed by atoms with Crippen LogP contribution in [-0.4, -0.2) is 0 Å². The lowest BCUT2D eigenvalue weighted by molar-refractivity contribution is 1.28. The van der Waals surface area contributed by atoms with E-state index in [4.69, 9.17) is 0 Å². The average molecular weight is 220 g/mol. The van der Waals surface area contributed by atoms with Gasteiger partial charge in [-0.25, -0.2) is 0 Å². The first kappa shape index (κ1) is 11.4. The summed E-state index contributed by atoms with van der Waals surface area (Å²) in [5, 5.41) is 0. The van der Waals surface area contributed by atoms with Crippen molar-refractivity contribution in [3.05, 3.63) is 78.9 Å². The third-order valence-corrected chi connectivity index (χ3v) is 2.81. The van der Waals surface area contributed by atoms with Gasteiger partial charge in [0.05, 0.1) is 0 Å². The van der Waals surface area contributed by atoms with Crippen LogP contribution in [0.1, 0.15) is 11.1 Å². The highest BCUT2D eigenvalue weighted by Gasteiger charge is 1.97. The van der Waals surface area contributed by atoms with Gasteiger partial charge in [0.25, 0.3) is 0 Å². The average Bonchev–Trinajstić information content (AvgIpc) is 2.40. The van der Waals surface area contributed by atoms with E-state index < -0.39 is 0 Å². The summed E-state index contributed by atoms with van der Waals surface area (Å²) in [5.74, 6) is 0. The van der Waals surface area contributed by atoms with Crippen LogP contribution in [0.5, 0.6) is 0 Å². The Kier molecular flexibility index (Phi) is 3.56. The highest BCUT2D eigenvalue weighted by molar-refractivity contribution is 5.65. The maximum absolute atomic E-state index is 3.76. The molecule has 0 saturated carbocycles. The molecule has 0 aromatic heterocycles. The van der Waals surface area contributed by atoms with Crippen molar-refractivity contribution in [1.29, 1.82) is 0 Å². The third-order valence-electron chi connectivity index (χ3n) is 2.81. The Bertz CT molecular complexity index is 501. The lowest BCUT2D eigenvalue weighted by Crippen LogP contribution is -1.82. The van der Waals surface area contributed by atoms with E-state index in [1.54, 1.807) is 0 Å². The third kappa shape index (κ3) is 2.73. The van der Waals surface area contributed by atoms with Crippen LogP contribution in [0.4, 0.5) is 0 Å². The fourth-order valence-corrected chi connectivity index (χ4v) is 1.81. The van der Waals surface area contributed by atoms with Crippen LogP contribution in [0.3, 0.4) is 0 Å². The van der Waals surface area contributed by atoms with Gasteiger partial charge >= 0.3 is 0 Å². The summed E-state index contributed by atoms with van der Waals surface area (Å²) in [4.78, 5) is 0. The van der Waals surface area contributed by atoms with Crippen molar-refractivity contribution < 1.29 is 0 Å². The van der Waals surface area contributed by atoms with Crippen molar-refractivity contribution in [3.8, 4) is 11.1 Å². The second-order valence-corrected chi connectivity index (χ2v) is 4.02. The van der Waals surface area contributed by atoms with Gasteiger partial charge in [0.15, 0.2) is 0 Å². The fourth-order valence-electron chi connectivity index (χ4n) is 1.81. The number of rotatable bonds is 4. The van der Waals surface area contributed by atoms with Gasteiger partial charge in [-0.05, 0) is 28.7 Å². The van der Waals surface area contributed by atoms with Gasteiger partial charge in [0, 0.05) is 0 Å². The maximum atomic E-state index is 3.76. The molecular formula is C17H16. The van der Waals surface area contributed by atoms with Crippen molar-refractivity contribution in [2.45, 2.75) is 6.42 Å². The smallest absolute Gasteiger partial charge is 0.0100 e. The first-order chi connectivity index (χ1) is 8.33. The molecule has 0 bridgehead atoms. The summed E-state index contributed by atoms with van der Waals surface area (Å²) < 4.78 is 0. The summed E-state index contributed by atoms with van der Waals surface area (Å²) in [6.45, 7) is 7.50. The van der Waals surface area contributed by atoms with Gasteiger partial charge < -0.3 is 0 Å². The molecular weight excluding hydrogens is 204 g/mol. The van der Waals surface area contributed by atoms with Crippen molar-refractivity contribution in [2.75, 3.05) is 0 Å². The normalized spacial score (nSPS) is 9.88. The molecule has 0 aliphatic heterocycles. The van der Waals surface area contributed by atoms with E-state index in [2.05, 4.69) is 61.7 Å². The van der Waals surface area contributed by atoms with Crippen molar-refractivity contribution >= 4 is 6.08 Å². The molecule has 0 heteroatoms. The zero-order valence-electron chi connectivity index (χ0n) is 9.89. The number of allylic oxidation sites excluding steroid dienone is 1. The minimum atomic E-state index is 0.926. The topological polar surface area (TPSA) is 0 Å². The van der Waals surface area contributed by atoms with Gasteiger partial charge in [0.1, 0.15) is 0 Å². The monoisotopic (exact) mass is 220 g/mol. The van der Waals surface area contributed by atoms with Crippen LogP contribution < -0.4 is 0 Å². The highest BCUT2D eigenvalue weighted by Crippen LogP contribution is 2.20. The molecule has 17 heavy (non-hydrogen) atoms. The quantitative estimate of drug-likeness (QED) is 0.654. The maximum Gasteiger partial charge on any atom is -0.0100 e. The predicted molar refractivity (Wildman–Crippen MR) is 75.9 cm³/mol.